The maximum Gasteiger partial charge on any atom is 0.200 e. The highest BCUT2D eigenvalue weighted by Gasteiger charge is 2.26. The summed E-state index contributed by atoms with van der Waals surface area (Å²) < 4.78 is 65.3. The Hall–Kier alpha value is -1.37. The number of hydrogen-bond donors (Lipinski definition) is 0. The molecule has 0 saturated heterocycles. The molecular formula is C11H10ClF5N2. The highest BCUT2D eigenvalue weighted by atomic mass is 35.5. The Morgan fingerprint density at radius 3 is 1.63 bits per heavy atom. The van der Waals surface area contributed by atoms with Crippen molar-refractivity contribution in [1.29, 1.82) is 0 Å². The van der Waals surface area contributed by atoms with E-state index in [1.165, 1.54) is 4.90 Å². The van der Waals surface area contributed by atoms with Crippen LogP contribution in [0.4, 0.5) is 27.6 Å². The molecule has 2 nitrogen and oxygen atoms in total. The average Bonchev–Trinajstić information content (AvgIpc) is 2.40. The molecule has 0 heterocycles. The molecule has 0 aliphatic rings. The summed E-state index contributed by atoms with van der Waals surface area (Å²) in [6.45, 7) is 4.13. The summed E-state index contributed by atoms with van der Waals surface area (Å²) in [5.41, 5.74) is -1.30. The molecule has 19 heavy (non-hydrogen) atoms. The summed E-state index contributed by atoms with van der Waals surface area (Å²) in [5, 5.41) is -0.354. The van der Waals surface area contributed by atoms with Gasteiger partial charge in [-0.3, -0.25) is 0 Å². The fraction of sp³-hybridized carbons (Fsp3) is 0.364. The largest absolute Gasteiger partial charge is 0.348 e. The van der Waals surface area contributed by atoms with E-state index in [1.54, 1.807) is 13.8 Å². The molecule has 106 valence electrons. The molecular weight excluding hydrogens is 291 g/mol. The first kappa shape index (κ1) is 15.7. The minimum absolute atomic E-state index is 0.354. The van der Waals surface area contributed by atoms with Crippen LogP contribution >= 0.6 is 11.6 Å². The Kier molecular flexibility index (Phi) is 5.11. The van der Waals surface area contributed by atoms with Crippen molar-refractivity contribution in [2.45, 2.75) is 13.8 Å². The molecule has 0 unspecified atom stereocenters. The van der Waals surface area contributed by atoms with Crippen molar-refractivity contribution in [1.82, 2.24) is 4.90 Å². The predicted octanol–water partition coefficient (Wildman–Crippen LogP) is 3.95. The van der Waals surface area contributed by atoms with Gasteiger partial charge < -0.3 is 4.90 Å². The van der Waals surface area contributed by atoms with Gasteiger partial charge in [-0.15, -0.1) is 0 Å². The summed E-state index contributed by atoms with van der Waals surface area (Å²) in [7, 11) is 0. The summed E-state index contributed by atoms with van der Waals surface area (Å²) in [6, 6.07) is 0. The molecule has 0 fully saturated rings. The van der Waals surface area contributed by atoms with Crippen LogP contribution < -0.4 is 0 Å². The van der Waals surface area contributed by atoms with E-state index >= 15 is 0 Å². The molecule has 0 aliphatic heterocycles. The molecule has 1 aromatic rings. The van der Waals surface area contributed by atoms with Crippen molar-refractivity contribution >= 4 is 22.6 Å². The number of amidine groups is 1. The third-order valence-corrected chi connectivity index (χ3v) is 2.74. The van der Waals surface area contributed by atoms with Crippen molar-refractivity contribution in [2.75, 3.05) is 13.1 Å². The zero-order valence-electron chi connectivity index (χ0n) is 10.1. The number of halogens is 6. The van der Waals surface area contributed by atoms with Crippen LogP contribution in [0.2, 0.25) is 0 Å². The summed E-state index contributed by atoms with van der Waals surface area (Å²) >= 11 is 5.67. The van der Waals surface area contributed by atoms with Gasteiger partial charge in [0.2, 0.25) is 5.82 Å². The van der Waals surface area contributed by atoms with Crippen molar-refractivity contribution in [2.24, 2.45) is 4.99 Å². The van der Waals surface area contributed by atoms with Crippen LogP contribution in [0.25, 0.3) is 0 Å². The van der Waals surface area contributed by atoms with E-state index in [0.717, 1.165) is 0 Å². The Labute approximate surface area is 111 Å². The number of hydrogen-bond acceptors (Lipinski definition) is 1. The minimum atomic E-state index is -2.23. The van der Waals surface area contributed by atoms with Gasteiger partial charge in [0.25, 0.3) is 0 Å². The summed E-state index contributed by atoms with van der Waals surface area (Å²) in [4.78, 5) is 4.66. The Bertz CT molecular complexity index is 485. The molecule has 1 rings (SSSR count). The lowest BCUT2D eigenvalue weighted by Crippen LogP contribution is -2.26. The first-order valence-electron chi connectivity index (χ1n) is 5.35. The van der Waals surface area contributed by atoms with Gasteiger partial charge in [0, 0.05) is 13.1 Å². The van der Waals surface area contributed by atoms with Crippen molar-refractivity contribution in [3.8, 4) is 0 Å². The molecule has 0 bridgehead atoms. The van der Waals surface area contributed by atoms with Crippen molar-refractivity contribution in [3.63, 3.8) is 0 Å². The van der Waals surface area contributed by atoms with Crippen LogP contribution in [-0.2, 0) is 0 Å². The number of rotatable bonds is 3. The van der Waals surface area contributed by atoms with Crippen LogP contribution in [-0.4, -0.2) is 23.3 Å². The van der Waals surface area contributed by atoms with Gasteiger partial charge in [0.05, 0.1) is 0 Å². The molecule has 0 radical (unpaired) electrons. The van der Waals surface area contributed by atoms with E-state index in [1.807, 2.05) is 0 Å². The van der Waals surface area contributed by atoms with E-state index in [-0.39, 0.29) is 5.29 Å². The molecule has 8 heteroatoms. The molecule has 0 spiro atoms. The van der Waals surface area contributed by atoms with E-state index in [4.69, 9.17) is 11.6 Å². The fourth-order valence-electron chi connectivity index (χ4n) is 1.34. The fourth-order valence-corrected chi connectivity index (χ4v) is 1.66. The standard InChI is InChI=1S/C11H10ClF5N2/c1-3-19(4-2)11(12)18-10-8(16)6(14)5(13)7(15)9(10)17/h3-4H2,1-2H3. The maximum absolute atomic E-state index is 13.3. The molecule has 0 saturated carbocycles. The second-order valence-electron chi connectivity index (χ2n) is 3.47. The topological polar surface area (TPSA) is 15.6 Å². The van der Waals surface area contributed by atoms with Gasteiger partial charge in [-0.05, 0) is 25.4 Å². The van der Waals surface area contributed by atoms with Crippen LogP contribution in [0.1, 0.15) is 13.8 Å². The number of benzene rings is 1. The quantitative estimate of drug-likeness (QED) is 0.206. The van der Waals surface area contributed by atoms with Crippen molar-refractivity contribution < 1.29 is 22.0 Å². The second-order valence-corrected chi connectivity index (χ2v) is 3.81. The minimum Gasteiger partial charge on any atom is -0.348 e. The molecule has 0 amide bonds. The molecule has 0 aliphatic carbocycles. The van der Waals surface area contributed by atoms with Crippen LogP contribution in [0.3, 0.4) is 0 Å². The van der Waals surface area contributed by atoms with Gasteiger partial charge in [0.1, 0.15) is 5.69 Å². The lowest BCUT2D eigenvalue weighted by atomic mass is 10.2. The summed E-state index contributed by atoms with van der Waals surface area (Å²) in [5.74, 6) is -10.4. The highest BCUT2D eigenvalue weighted by molar-refractivity contribution is 6.64. The SMILES string of the molecule is CCN(CC)C(Cl)=Nc1c(F)c(F)c(F)c(F)c1F. The van der Waals surface area contributed by atoms with Crippen LogP contribution in [0.15, 0.2) is 4.99 Å². The first-order valence-corrected chi connectivity index (χ1v) is 5.73. The van der Waals surface area contributed by atoms with Crippen LogP contribution in [0, 0.1) is 29.1 Å². The lowest BCUT2D eigenvalue weighted by Gasteiger charge is -2.18. The van der Waals surface area contributed by atoms with E-state index in [2.05, 4.69) is 4.99 Å². The zero-order valence-corrected chi connectivity index (χ0v) is 10.8. The van der Waals surface area contributed by atoms with Gasteiger partial charge >= 0.3 is 0 Å². The lowest BCUT2D eigenvalue weighted by molar-refractivity contribution is 0.380. The maximum atomic E-state index is 13.3. The van der Waals surface area contributed by atoms with Crippen LogP contribution in [0.5, 0.6) is 0 Å². The highest BCUT2D eigenvalue weighted by Crippen LogP contribution is 2.30. The average molecular weight is 301 g/mol. The Morgan fingerprint density at radius 2 is 1.26 bits per heavy atom. The Balaban J connectivity index is 3.40. The van der Waals surface area contributed by atoms with Gasteiger partial charge in [0.15, 0.2) is 28.6 Å². The third-order valence-electron chi connectivity index (χ3n) is 2.42. The number of nitrogens with zero attached hydrogens (tertiary/aromatic N) is 2. The smallest absolute Gasteiger partial charge is 0.200 e. The van der Waals surface area contributed by atoms with E-state index in [9.17, 15) is 22.0 Å². The van der Waals surface area contributed by atoms with Gasteiger partial charge in [-0.1, -0.05) is 0 Å². The van der Waals surface area contributed by atoms with E-state index < -0.39 is 34.8 Å². The number of aliphatic imine (C=N–C) groups is 1. The van der Waals surface area contributed by atoms with Gasteiger partial charge in [-0.25, -0.2) is 26.9 Å². The van der Waals surface area contributed by atoms with Gasteiger partial charge in [-0.2, -0.15) is 0 Å². The zero-order chi connectivity index (χ0) is 14.7. The van der Waals surface area contributed by atoms with E-state index in [0.29, 0.717) is 13.1 Å². The molecule has 0 aromatic heterocycles. The molecule has 0 atom stereocenters. The molecule has 0 N–H and O–H groups in total. The molecule has 1 aromatic carbocycles. The summed E-state index contributed by atoms with van der Waals surface area (Å²) in [6.07, 6.45) is 0. The third kappa shape index (κ3) is 2.97. The first-order chi connectivity index (χ1) is 8.84. The normalized spacial score (nSPS) is 11.9. The van der Waals surface area contributed by atoms with Crippen molar-refractivity contribution in [3.05, 3.63) is 29.1 Å². The monoisotopic (exact) mass is 300 g/mol. The Morgan fingerprint density at radius 1 is 0.895 bits per heavy atom. The predicted molar refractivity (Wildman–Crippen MR) is 62.1 cm³/mol. The second kappa shape index (κ2) is 6.18.